The fourth-order valence-electron chi connectivity index (χ4n) is 2.39. The second-order valence-electron chi connectivity index (χ2n) is 4.91. The summed E-state index contributed by atoms with van der Waals surface area (Å²) in [5, 5.41) is 26.9. The highest BCUT2D eigenvalue weighted by atomic mass is 35.5. The molecule has 114 valence electrons. The summed E-state index contributed by atoms with van der Waals surface area (Å²) in [6.45, 7) is 3.73. The molecule has 2 aromatic rings. The van der Waals surface area contributed by atoms with E-state index in [-0.39, 0.29) is 16.2 Å². The molecule has 23 heavy (non-hydrogen) atoms. The second-order valence-corrected chi connectivity index (χ2v) is 5.32. The van der Waals surface area contributed by atoms with Crippen LogP contribution in [-0.2, 0) is 0 Å². The first-order valence-electron chi connectivity index (χ1n) is 6.63. The predicted octanol–water partition coefficient (Wildman–Crippen LogP) is 3.88. The number of carboxylic acids is 1. The second kappa shape index (κ2) is 6.39. The van der Waals surface area contributed by atoms with Crippen LogP contribution < -0.4 is 0 Å². The molecule has 0 unspecified atom stereocenters. The molecule has 6 heteroatoms. The molecule has 0 bridgehead atoms. The first kappa shape index (κ1) is 16.4. The fourth-order valence-corrected chi connectivity index (χ4v) is 2.65. The van der Waals surface area contributed by atoms with E-state index < -0.39 is 5.97 Å². The summed E-state index contributed by atoms with van der Waals surface area (Å²) in [7, 11) is 0. The van der Waals surface area contributed by atoms with Gasteiger partial charge in [-0.25, -0.2) is 4.79 Å². The zero-order valence-electron chi connectivity index (χ0n) is 12.5. The number of rotatable bonds is 3. The van der Waals surface area contributed by atoms with E-state index in [1.54, 1.807) is 12.1 Å². The minimum Gasteiger partial charge on any atom is -0.478 e. The van der Waals surface area contributed by atoms with Crippen LogP contribution in [0.2, 0.25) is 5.02 Å². The first-order valence-corrected chi connectivity index (χ1v) is 7.01. The SMILES string of the molecule is Cc1cc(C=C(C#N)C#N)c(C)n1-c1ccc(C(=O)O)c(Cl)c1. The summed E-state index contributed by atoms with van der Waals surface area (Å²) in [4.78, 5) is 11.0. The molecule has 0 amide bonds. The van der Waals surface area contributed by atoms with Crippen LogP contribution in [0.15, 0.2) is 29.8 Å². The molecule has 0 aliphatic heterocycles. The average Bonchev–Trinajstić information content (AvgIpc) is 2.78. The molecule has 0 fully saturated rings. The highest BCUT2D eigenvalue weighted by Gasteiger charge is 2.13. The Hall–Kier alpha value is -3.02. The van der Waals surface area contributed by atoms with Crippen LogP contribution in [0.25, 0.3) is 11.8 Å². The minimum absolute atomic E-state index is 0.0181. The molecule has 0 atom stereocenters. The van der Waals surface area contributed by atoms with E-state index >= 15 is 0 Å². The summed E-state index contributed by atoms with van der Waals surface area (Å²) >= 11 is 6.02. The van der Waals surface area contributed by atoms with Crippen molar-refractivity contribution in [1.82, 2.24) is 4.57 Å². The molecule has 2 rings (SSSR count). The lowest BCUT2D eigenvalue weighted by Gasteiger charge is -2.11. The molecule has 1 aromatic heterocycles. The van der Waals surface area contributed by atoms with Crippen molar-refractivity contribution in [3.8, 4) is 17.8 Å². The molecule has 0 spiro atoms. The van der Waals surface area contributed by atoms with Crippen molar-refractivity contribution < 1.29 is 9.90 Å². The number of allylic oxidation sites excluding steroid dienone is 1. The van der Waals surface area contributed by atoms with Gasteiger partial charge >= 0.3 is 5.97 Å². The van der Waals surface area contributed by atoms with Gasteiger partial charge in [-0.15, -0.1) is 0 Å². The van der Waals surface area contributed by atoms with Crippen LogP contribution in [0, 0.1) is 36.5 Å². The summed E-state index contributed by atoms with van der Waals surface area (Å²) < 4.78 is 1.88. The maximum atomic E-state index is 11.0. The number of halogens is 1. The van der Waals surface area contributed by atoms with E-state index in [4.69, 9.17) is 27.2 Å². The van der Waals surface area contributed by atoms with Crippen molar-refractivity contribution in [2.45, 2.75) is 13.8 Å². The van der Waals surface area contributed by atoms with Crippen molar-refractivity contribution in [3.05, 3.63) is 57.4 Å². The molecule has 0 radical (unpaired) electrons. The monoisotopic (exact) mass is 325 g/mol. The number of aromatic carboxylic acids is 1. The number of carbonyl (C=O) groups is 1. The number of hydrogen-bond acceptors (Lipinski definition) is 3. The van der Waals surface area contributed by atoms with Gasteiger partial charge in [0.1, 0.15) is 17.7 Å². The Morgan fingerprint density at radius 1 is 1.26 bits per heavy atom. The third kappa shape index (κ3) is 3.11. The van der Waals surface area contributed by atoms with Crippen LogP contribution in [0.5, 0.6) is 0 Å². The summed E-state index contributed by atoms with van der Waals surface area (Å²) in [6.07, 6.45) is 1.52. The molecule has 5 nitrogen and oxygen atoms in total. The van der Waals surface area contributed by atoms with E-state index in [1.165, 1.54) is 12.1 Å². The molecule has 0 aliphatic carbocycles. The van der Waals surface area contributed by atoms with Gasteiger partial charge < -0.3 is 9.67 Å². The Morgan fingerprint density at radius 3 is 2.43 bits per heavy atom. The van der Waals surface area contributed by atoms with E-state index in [0.717, 1.165) is 17.0 Å². The number of aryl methyl sites for hydroxylation is 1. The molecule has 1 aromatic carbocycles. The molecule has 1 heterocycles. The van der Waals surface area contributed by atoms with Crippen molar-refractivity contribution in [3.63, 3.8) is 0 Å². The van der Waals surface area contributed by atoms with Crippen LogP contribution in [0.3, 0.4) is 0 Å². The maximum absolute atomic E-state index is 11.0. The lowest BCUT2D eigenvalue weighted by molar-refractivity contribution is 0.0697. The number of nitriles is 2. The maximum Gasteiger partial charge on any atom is 0.337 e. The van der Waals surface area contributed by atoms with Crippen LogP contribution in [-0.4, -0.2) is 15.6 Å². The molecule has 0 aliphatic rings. The topological polar surface area (TPSA) is 89.8 Å². The summed E-state index contributed by atoms with van der Waals surface area (Å²) in [5.41, 5.74) is 3.22. The van der Waals surface area contributed by atoms with Gasteiger partial charge in [-0.3, -0.25) is 0 Å². The predicted molar refractivity (Wildman–Crippen MR) is 86.4 cm³/mol. The first-order chi connectivity index (χ1) is 10.9. The summed E-state index contributed by atoms with van der Waals surface area (Å²) in [6, 6.07) is 10.2. The fraction of sp³-hybridized carbons (Fsp3) is 0.118. The van der Waals surface area contributed by atoms with Gasteiger partial charge in [0.05, 0.1) is 10.6 Å². The third-order valence-corrected chi connectivity index (χ3v) is 3.77. The lowest BCUT2D eigenvalue weighted by atomic mass is 10.1. The Labute approximate surface area is 138 Å². The van der Waals surface area contributed by atoms with Gasteiger partial charge in [-0.05, 0) is 49.8 Å². The smallest absolute Gasteiger partial charge is 0.337 e. The van der Waals surface area contributed by atoms with Gasteiger partial charge in [0.2, 0.25) is 0 Å². The van der Waals surface area contributed by atoms with E-state index in [2.05, 4.69) is 0 Å². The van der Waals surface area contributed by atoms with Crippen LogP contribution >= 0.6 is 11.6 Å². The molecule has 0 saturated heterocycles. The van der Waals surface area contributed by atoms with Gasteiger partial charge in [-0.1, -0.05) is 11.6 Å². The minimum atomic E-state index is -1.08. The van der Waals surface area contributed by atoms with Crippen LogP contribution in [0.4, 0.5) is 0 Å². The molecular formula is C17H12ClN3O2. The quantitative estimate of drug-likeness (QED) is 0.867. The number of aromatic nitrogens is 1. The highest BCUT2D eigenvalue weighted by molar-refractivity contribution is 6.33. The largest absolute Gasteiger partial charge is 0.478 e. The molecule has 0 saturated carbocycles. The number of nitrogens with zero attached hydrogens (tertiary/aromatic N) is 3. The van der Waals surface area contributed by atoms with Gasteiger partial charge in [0.15, 0.2) is 0 Å². The van der Waals surface area contributed by atoms with E-state index in [9.17, 15) is 4.79 Å². The molecule has 1 N–H and O–H groups in total. The van der Waals surface area contributed by atoms with Crippen molar-refractivity contribution in [1.29, 1.82) is 10.5 Å². The van der Waals surface area contributed by atoms with Gasteiger partial charge in [0, 0.05) is 17.1 Å². The Morgan fingerprint density at radius 2 is 1.91 bits per heavy atom. The van der Waals surface area contributed by atoms with Crippen molar-refractivity contribution in [2.24, 2.45) is 0 Å². The Kier molecular flexibility index (Phi) is 4.55. The van der Waals surface area contributed by atoms with E-state index in [0.29, 0.717) is 5.69 Å². The van der Waals surface area contributed by atoms with Crippen molar-refractivity contribution in [2.75, 3.05) is 0 Å². The highest BCUT2D eigenvalue weighted by Crippen LogP contribution is 2.26. The van der Waals surface area contributed by atoms with Crippen LogP contribution in [0.1, 0.15) is 27.3 Å². The number of hydrogen-bond donors (Lipinski definition) is 1. The van der Waals surface area contributed by atoms with Gasteiger partial charge in [0.25, 0.3) is 0 Å². The van der Waals surface area contributed by atoms with E-state index in [1.807, 2.05) is 36.6 Å². The molecular weight excluding hydrogens is 314 g/mol. The average molecular weight is 326 g/mol. The Balaban J connectivity index is 2.59. The normalized spacial score (nSPS) is 9.78. The Bertz CT molecular complexity index is 895. The zero-order chi connectivity index (χ0) is 17.1. The number of benzene rings is 1. The zero-order valence-corrected chi connectivity index (χ0v) is 13.2. The third-order valence-electron chi connectivity index (χ3n) is 3.45. The lowest BCUT2D eigenvalue weighted by Crippen LogP contribution is -2.02. The number of carboxylic acid groups (broad SMARTS) is 1. The summed E-state index contributed by atoms with van der Waals surface area (Å²) in [5.74, 6) is -1.08. The standard InChI is InChI=1S/C17H12ClN3O2/c1-10-5-13(6-12(8-19)9-20)11(2)21(10)14-3-4-15(17(22)23)16(18)7-14/h3-7H,1-2H3,(H,22,23). The van der Waals surface area contributed by atoms with Crippen molar-refractivity contribution >= 4 is 23.6 Å². The van der Waals surface area contributed by atoms with Gasteiger partial charge in [-0.2, -0.15) is 10.5 Å².